The van der Waals surface area contributed by atoms with Crippen molar-refractivity contribution >= 4 is 39.2 Å². The molecular formula is C28H33N3O3S. The fourth-order valence-electron chi connectivity index (χ4n) is 3.98. The molecule has 0 fully saturated rings. The number of nitrogens with zero attached hydrogens (tertiary/aromatic N) is 1. The molecule has 0 unspecified atom stereocenters. The molecule has 2 N–H and O–H groups in total. The second-order valence-electron chi connectivity index (χ2n) is 8.65. The van der Waals surface area contributed by atoms with Crippen molar-refractivity contribution in [3.63, 3.8) is 0 Å². The predicted molar refractivity (Wildman–Crippen MR) is 141 cm³/mol. The Morgan fingerprint density at radius 3 is 2.54 bits per heavy atom. The minimum absolute atomic E-state index is 0.0554. The Morgan fingerprint density at radius 1 is 1.09 bits per heavy atom. The topological polar surface area (TPSA) is 88.2 Å². The number of hydrogen-bond acceptors (Lipinski definition) is 5. The van der Waals surface area contributed by atoms with Crippen molar-refractivity contribution in [2.45, 2.75) is 51.5 Å². The number of amides is 2. The summed E-state index contributed by atoms with van der Waals surface area (Å²) >= 11 is 1.57. The van der Waals surface area contributed by atoms with Crippen molar-refractivity contribution < 1.29 is 14.4 Å². The van der Waals surface area contributed by atoms with E-state index in [-0.39, 0.29) is 30.1 Å². The molecule has 0 aliphatic rings. The Labute approximate surface area is 210 Å². The normalized spacial score (nSPS) is 12.6. The summed E-state index contributed by atoms with van der Waals surface area (Å²) in [5.41, 5.74) is 3.22. The van der Waals surface area contributed by atoms with E-state index in [2.05, 4.69) is 36.3 Å². The summed E-state index contributed by atoms with van der Waals surface area (Å²) in [5.74, 6) is -1.01. The van der Waals surface area contributed by atoms with Gasteiger partial charge in [0.2, 0.25) is 11.8 Å². The van der Waals surface area contributed by atoms with Crippen LogP contribution in [0.4, 0.5) is 0 Å². The second-order valence-corrected chi connectivity index (χ2v) is 9.76. The first-order valence-corrected chi connectivity index (χ1v) is 12.8. The molecule has 3 rings (SSSR count). The van der Waals surface area contributed by atoms with Gasteiger partial charge in [-0.1, -0.05) is 49.9 Å². The van der Waals surface area contributed by atoms with E-state index in [1.807, 2.05) is 36.4 Å². The van der Waals surface area contributed by atoms with Gasteiger partial charge in [-0.05, 0) is 48.6 Å². The first-order valence-electron chi connectivity index (χ1n) is 12.0. The Hall–Kier alpha value is -3.32. The molecule has 0 saturated heterocycles. The average molecular weight is 492 g/mol. The zero-order valence-corrected chi connectivity index (χ0v) is 21.2. The number of rotatable bonds is 13. The smallest absolute Gasteiger partial charge is 0.224 e. The highest BCUT2D eigenvalue weighted by molar-refractivity contribution is 7.18. The molecule has 0 aliphatic heterocycles. The van der Waals surface area contributed by atoms with Crippen LogP contribution in [0.5, 0.6) is 0 Å². The number of hydrogen-bond donors (Lipinski definition) is 2. The fourth-order valence-corrected chi connectivity index (χ4v) is 5.09. The van der Waals surface area contributed by atoms with E-state index in [1.54, 1.807) is 18.4 Å². The lowest BCUT2D eigenvalue weighted by molar-refractivity contribution is -0.130. The second kappa shape index (κ2) is 13.0. The molecule has 6 nitrogen and oxygen atoms in total. The zero-order valence-electron chi connectivity index (χ0n) is 20.4. The van der Waals surface area contributed by atoms with Crippen molar-refractivity contribution in [1.82, 2.24) is 15.6 Å². The van der Waals surface area contributed by atoms with E-state index in [9.17, 15) is 14.4 Å². The Bertz CT molecular complexity index is 1170. The molecule has 3 aromatic rings. The Kier molecular flexibility index (Phi) is 9.73. The molecule has 2 amide bonds. The molecular weight excluding hydrogens is 458 g/mol. The SMILES string of the molecule is C=CC(=O)CC[C@H](Cc1ccccc1)NC(=O)[C@@H](CC(=O)NC)Cc1nc2ccc(CC)cc2s1. The summed E-state index contributed by atoms with van der Waals surface area (Å²) in [6, 6.07) is 15.8. The van der Waals surface area contributed by atoms with E-state index in [0.29, 0.717) is 25.7 Å². The van der Waals surface area contributed by atoms with Crippen molar-refractivity contribution in [2.75, 3.05) is 7.05 Å². The van der Waals surface area contributed by atoms with Crippen molar-refractivity contribution in [3.8, 4) is 0 Å². The van der Waals surface area contributed by atoms with Crippen molar-refractivity contribution in [1.29, 1.82) is 0 Å². The van der Waals surface area contributed by atoms with Crippen LogP contribution in [-0.4, -0.2) is 35.7 Å². The van der Waals surface area contributed by atoms with Crippen LogP contribution in [-0.2, 0) is 33.6 Å². The maximum absolute atomic E-state index is 13.4. The van der Waals surface area contributed by atoms with Crippen molar-refractivity contribution in [2.24, 2.45) is 5.92 Å². The highest BCUT2D eigenvalue weighted by atomic mass is 32.1. The zero-order chi connectivity index (χ0) is 25.2. The van der Waals surface area contributed by atoms with E-state index in [1.165, 1.54) is 11.6 Å². The summed E-state index contributed by atoms with van der Waals surface area (Å²) in [5, 5.41) is 6.58. The van der Waals surface area contributed by atoms with Gasteiger partial charge < -0.3 is 10.6 Å². The number of benzene rings is 2. The summed E-state index contributed by atoms with van der Waals surface area (Å²) in [6.45, 7) is 5.65. The lowest BCUT2D eigenvalue weighted by atomic mass is 9.96. The summed E-state index contributed by atoms with van der Waals surface area (Å²) in [7, 11) is 1.57. The van der Waals surface area contributed by atoms with Gasteiger partial charge in [-0.25, -0.2) is 4.98 Å². The quantitative estimate of drug-likeness (QED) is 0.347. The predicted octanol–water partition coefficient (Wildman–Crippen LogP) is 4.42. The van der Waals surface area contributed by atoms with Gasteiger partial charge in [-0.2, -0.15) is 0 Å². The van der Waals surface area contributed by atoms with Gasteiger partial charge in [0.15, 0.2) is 5.78 Å². The molecule has 1 aromatic heterocycles. The van der Waals surface area contributed by atoms with E-state index in [0.717, 1.165) is 27.2 Å². The van der Waals surface area contributed by atoms with Gasteiger partial charge in [0.25, 0.3) is 0 Å². The summed E-state index contributed by atoms with van der Waals surface area (Å²) in [4.78, 5) is 42.2. The number of aryl methyl sites for hydroxylation is 1. The lowest BCUT2D eigenvalue weighted by Crippen LogP contribution is -2.42. The van der Waals surface area contributed by atoms with E-state index < -0.39 is 5.92 Å². The summed E-state index contributed by atoms with van der Waals surface area (Å²) in [6.07, 6.45) is 4.11. The number of allylic oxidation sites excluding steroid dienone is 1. The molecule has 2 aromatic carbocycles. The van der Waals surface area contributed by atoms with Crippen LogP contribution in [0, 0.1) is 5.92 Å². The third kappa shape index (κ3) is 7.86. The van der Waals surface area contributed by atoms with Crippen LogP contribution < -0.4 is 10.6 Å². The van der Waals surface area contributed by atoms with Gasteiger partial charge in [0.05, 0.1) is 21.1 Å². The number of fused-ring (bicyclic) bond motifs is 1. The number of thiazole rings is 1. The van der Waals surface area contributed by atoms with Gasteiger partial charge >= 0.3 is 0 Å². The van der Waals surface area contributed by atoms with Gasteiger partial charge in [-0.3, -0.25) is 14.4 Å². The third-order valence-electron chi connectivity index (χ3n) is 6.05. The van der Waals surface area contributed by atoms with Gasteiger partial charge in [0, 0.05) is 32.4 Å². The molecule has 0 radical (unpaired) electrons. The lowest BCUT2D eigenvalue weighted by Gasteiger charge is -2.22. The highest BCUT2D eigenvalue weighted by Crippen LogP contribution is 2.26. The molecule has 35 heavy (non-hydrogen) atoms. The number of nitrogens with one attached hydrogen (secondary N) is 2. The summed E-state index contributed by atoms with van der Waals surface area (Å²) < 4.78 is 1.09. The Balaban J connectivity index is 1.78. The van der Waals surface area contributed by atoms with Gasteiger partial charge in [0.1, 0.15) is 0 Å². The minimum atomic E-state index is -0.561. The van der Waals surface area contributed by atoms with Crippen LogP contribution in [0.15, 0.2) is 61.2 Å². The molecule has 0 saturated carbocycles. The molecule has 0 bridgehead atoms. The number of ketones is 1. The van der Waals surface area contributed by atoms with E-state index >= 15 is 0 Å². The number of carbonyl (C=O) groups is 3. The maximum Gasteiger partial charge on any atom is 0.224 e. The molecule has 0 spiro atoms. The molecule has 1 heterocycles. The molecule has 184 valence electrons. The van der Waals surface area contributed by atoms with Crippen LogP contribution in [0.25, 0.3) is 10.2 Å². The number of carbonyl (C=O) groups excluding carboxylic acids is 3. The molecule has 7 heteroatoms. The first-order chi connectivity index (χ1) is 16.9. The van der Waals surface area contributed by atoms with Crippen molar-refractivity contribution in [3.05, 3.63) is 77.3 Å². The molecule has 2 atom stereocenters. The fraction of sp³-hybridized carbons (Fsp3) is 0.357. The highest BCUT2D eigenvalue weighted by Gasteiger charge is 2.26. The molecule has 0 aliphatic carbocycles. The largest absolute Gasteiger partial charge is 0.359 e. The van der Waals surface area contributed by atoms with Crippen LogP contribution in [0.1, 0.15) is 42.3 Å². The average Bonchev–Trinajstić information content (AvgIpc) is 3.28. The standard InChI is InChI=1S/C28H33N3O3S/c1-4-19-11-14-24-25(16-19)35-27(31-24)18-21(17-26(33)29-3)28(34)30-22(12-13-23(32)5-2)15-20-9-7-6-8-10-20/h5-11,14,16,21-22H,2,4,12-13,15,17-18H2,1,3H3,(H,29,33)(H,30,34)/t21-,22+/m0/s1. The number of aromatic nitrogens is 1. The van der Waals surface area contributed by atoms with Crippen LogP contribution in [0.2, 0.25) is 0 Å². The van der Waals surface area contributed by atoms with E-state index in [4.69, 9.17) is 4.98 Å². The first kappa shape index (κ1) is 26.3. The maximum atomic E-state index is 13.4. The van der Waals surface area contributed by atoms with Gasteiger partial charge in [-0.15, -0.1) is 11.3 Å². The monoisotopic (exact) mass is 491 g/mol. The minimum Gasteiger partial charge on any atom is -0.359 e. The van der Waals surface area contributed by atoms with Crippen LogP contribution in [0.3, 0.4) is 0 Å². The Morgan fingerprint density at radius 2 is 1.86 bits per heavy atom. The van der Waals surface area contributed by atoms with Crippen LogP contribution >= 0.6 is 11.3 Å². The third-order valence-corrected chi connectivity index (χ3v) is 7.09.